The predicted octanol–water partition coefficient (Wildman–Crippen LogP) is 15.4. The summed E-state index contributed by atoms with van der Waals surface area (Å²) in [5, 5.41) is 4.60. The van der Waals surface area contributed by atoms with Gasteiger partial charge in [0.15, 0.2) is 5.82 Å². The first-order valence-corrected chi connectivity index (χ1v) is 22.5. The topological polar surface area (TPSA) is 43.9 Å². The molecule has 0 saturated heterocycles. The molecule has 306 valence electrons. The van der Waals surface area contributed by atoms with Gasteiger partial charge in [0.25, 0.3) is 0 Å². The van der Waals surface area contributed by atoms with Crippen LogP contribution in [0, 0.1) is 0 Å². The molecule has 0 atom stereocenters. The van der Waals surface area contributed by atoms with Crippen LogP contribution >= 0.6 is 0 Å². The van der Waals surface area contributed by atoms with E-state index in [1.165, 1.54) is 44.2 Å². The summed E-state index contributed by atoms with van der Waals surface area (Å²) < 4.78 is 8.70. The fourth-order valence-corrected chi connectivity index (χ4v) is 10.9. The zero-order valence-corrected chi connectivity index (χ0v) is 35.7. The summed E-state index contributed by atoms with van der Waals surface area (Å²) in [5.74, 6) is 0.680. The van der Waals surface area contributed by atoms with Crippen LogP contribution in [-0.2, 0) is 11.8 Å². The second-order valence-electron chi connectivity index (χ2n) is 17.1. The lowest BCUT2D eigenvalue weighted by atomic mass is 9.67. The van der Waals surface area contributed by atoms with Crippen LogP contribution in [0.5, 0.6) is 0 Å². The van der Waals surface area contributed by atoms with E-state index in [0.717, 1.165) is 78.7 Å². The van der Waals surface area contributed by atoms with E-state index in [2.05, 4.69) is 218 Å². The molecule has 1 aliphatic rings. The third-order valence-electron chi connectivity index (χ3n) is 13.7. The van der Waals surface area contributed by atoms with Crippen molar-refractivity contribution in [2.45, 2.75) is 18.8 Å². The van der Waals surface area contributed by atoms with Crippen molar-refractivity contribution in [2.75, 3.05) is 0 Å². The highest BCUT2D eigenvalue weighted by Crippen LogP contribution is 2.57. The zero-order chi connectivity index (χ0) is 43.1. The molecule has 0 bridgehead atoms. The lowest BCUT2D eigenvalue weighted by molar-refractivity contribution is 0.669. The normalized spacial score (nSPS) is 12.9. The molecule has 0 aliphatic heterocycles. The molecule has 4 heteroatoms. The molecule has 1 aliphatic carbocycles. The van der Waals surface area contributed by atoms with Gasteiger partial charge in [0, 0.05) is 49.5 Å². The minimum Gasteiger partial charge on any atom is -0.456 e. The highest BCUT2D eigenvalue weighted by Gasteiger charge is 2.46. The molecule has 0 saturated carbocycles. The third kappa shape index (κ3) is 5.57. The SMILES string of the molecule is CCc1c(-c2ccccc2)nc(-c2cccc(-n3c4ccccc4c4cc5c(cc43)C(c3ccccc3)(c3ccccc3)c3ccccc3-5)c2)nc1-c1ccc2oc3ccccc3c2c1. The molecule has 0 N–H and O–H groups in total. The minimum absolute atomic E-state index is 0.517. The standard InChI is InChI=1S/C61H41N3O/c1-2-45-58(39-19-6-3-7-20-39)62-60(63-59(45)40-33-34-57-51(36-40)48-29-14-17-32-56(48)65-57)41-21-18-26-44(35-41)64-54-31-16-13-28-47(54)50-37-49-46-27-12-15-30-52(46)61(53(49)38-55(50)64,42-22-8-4-9-23-42)43-24-10-5-11-25-43/h3-38H,2H2,1H3. The van der Waals surface area contributed by atoms with Crippen molar-refractivity contribution in [1.29, 1.82) is 0 Å². The lowest BCUT2D eigenvalue weighted by Gasteiger charge is -2.34. The van der Waals surface area contributed by atoms with E-state index in [4.69, 9.17) is 14.4 Å². The Balaban J connectivity index is 1.05. The lowest BCUT2D eigenvalue weighted by Crippen LogP contribution is -2.28. The Morgan fingerprint density at radius 2 is 1.06 bits per heavy atom. The van der Waals surface area contributed by atoms with E-state index < -0.39 is 5.41 Å². The number of rotatable bonds is 7. The van der Waals surface area contributed by atoms with E-state index >= 15 is 0 Å². The van der Waals surface area contributed by atoms with Gasteiger partial charge in [-0.15, -0.1) is 0 Å². The minimum atomic E-state index is -0.517. The number of hydrogen-bond donors (Lipinski definition) is 0. The van der Waals surface area contributed by atoms with Crippen LogP contribution in [0.3, 0.4) is 0 Å². The van der Waals surface area contributed by atoms with Crippen LogP contribution in [0.1, 0.15) is 34.7 Å². The van der Waals surface area contributed by atoms with Gasteiger partial charge in [0.05, 0.1) is 27.8 Å². The molecule has 12 aromatic rings. The van der Waals surface area contributed by atoms with Gasteiger partial charge in [-0.2, -0.15) is 0 Å². The van der Waals surface area contributed by atoms with Gasteiger partial charge in [-0.1, -0.05) is 171 Å². The van der Waals surface area contributed by atoms with E-state index in [1.54, 1.807) is 0 Å². The molecule has 0 unspecified atom stereocenters. The molecular formula is C61H41N3O. The highest BCUT2D eigenvalue weighted by atomic mass is 16.3. The number of nitrogens with zero attached hydrogens (tertiary/aromatic N) is 3. The average molecular weight is 832 g/mol. The number of hydrogen-bond acceptors (Lipinski definition) is 3. The zero-order valence-electron chi connectivity index (χ0n) is 35.7. The van der Waals surface area contributed by atoms with E-state index in [9.17, 15) is 0 Å². The van der Waals surface area contributed by atoms with Gasteiger partial charge in [-0.05, 0) is 94.4 Å². The summed E-state index contributed by atoms with van der Waals surface area (Å²) >= 11 is 0. The largest absolute Gasteiger partial charge is 0.456 e. The van der Waals surface area contributed by atoms with Crippen LogP contribution in [0.2, 0.25) is 0 Å². The maximum Gasteiger partial charge on any atom is 0.160 e. The number of aromatic nitrogens is 3. The number of para-hydroxylation sites is 2. The molecule has 3 aromatic heterocycles. The van der Waals surface area contributed by atoms with Gasteiger partial charge < -0.3 is 8.98 Å². The van der Waals surface area contributed by atoms with Crippen molar-refractivity contribution in [3.63, 3.8) is 0 Å². The van der Waals surface area contributed by atoms with E-state index in [-0.39, 0.29) is 0 Å². The van der Waals surface area contributed by atoms with Gasteiger partial charge in [-0.25, -0.2) is 9.97 Å². The van der Waals surface area contributed by atoms with Gasteiger partial charge in [0.1, 0.15) is 11.2 Å². The van der Waals surface area contributed by atoms with Crippen LogP contribution in [-0.4, -0.2) is 14.5 Å². The summed E-state index contributed by atoms with van der Waals surface area (Å²) in [5.41, 5.74) is 18.2. The fraction of sp³-hybridized carbons (Fsp3) is 0.0492. The molecule has 3 heterocycles. The van der Waals surface area contributed by atoms with Gasteiger partial charge in [0.2, 0.25) is 0 Å². The van der Waals surface area contributed by atoms with Crippen molar-refractivity contribution in [1.82, 2.24) is 14.5 Å². The van der Waals surface area contributed by atoms with Crippen molar-refractivity contribution in [2.24, 2.45) is 0 Å². The van der Waals surface area contributed by atoms with E-state index in [1.807, 2.05) is 12.1 Å². The van der Waals surface area contributed by atoms with Crippen LogP contribution in [0.25, 0.3) is 94.5 Å². The molecular weight excluding hydrogens is 791 g/mol. The quantitative estimate of drug-likeness (QED) is 0.161. The molecule has 0 fully saturated rings. The van der Waals surface area contributed by atoms with Gasteiger partial charge >= 0.3 is 0 Å². The summed E-state index contributed by atoms with van der Waals surface area (Å²) in [7, 11) is 0. The Morgan fingerprint density at radius 3 is 1.83 bits per heavy atom. The molecule has 0 spiro atoms. The highest BCUT2D eigenvalue weighted by molar-refractivity contribution is 6.12. The fourth-order valence-electron chi connectivity index (χ4n) is 10.9. The van der Waals surface area contributed by atoms with Gasteiger partial charge in [-0.3, -0.25) is 0 Å². The first kappa shape index (κ1) is 37.2. The summed E-state index contributed by atoms with van der Waals surface area (Å²) in [6, 6.07) is 78.8. The van der Waals surface area contributed by atoms with Crippen molar-refractivity contribution >= 4 is 43.7 Å². The Hall–Kier alpha value is -8.34. The predicted molar refractivity (Wildman–Crippen MR) is 267 cm³/mol. The number of furan rings is 1. The van der Waals surface area contributed by atoms with Crippen LogP contribution < -0.4 is 0 Å². The first-order chi connectivity index (χ1) is 32.2. The smallest absolute Gasteiger partial charge is 0.160 e. The molecule has 4 nitrogen and oxygen atoms in total. The second-order valence-corrected chi connectivity index (χ2v) is 17.1. The third-order valence-corrected chi connectivity index (χ3v) is 13.7. The number of benzene rings is 9. The van der Waals surface area contributed by atoms with Crippen molar-refractivity contribution in [3.05, 3.63) is 246 Å². The Bertz CT molecular complexity index is 3770. The molecule has 65 heavy (non-hydrogen) atoms. The Morgan fingerprint density at radius 1 is 0.431 bits per heavy atom. The molecule has 13 rings (SSSR count). The summed E-state index contributed by atoms with van der Waals surface area (Å²) in [4.78, 5) is 10.9. The second kappa shape index (κ2) is 14.6. The van der Waals surface area contributed by atoms with Crippen molar-refractivity contribution in [3.8, 4) is 50.7 Å². The average Bonchev–Trinajstić information content (AvgIpc) is 4.02. The maximum absolute atomic E-state index is 6.26. The molecule has 0 amide bonds. The molecule has 9 aromatic carbocycles. The van der Waals surface area contributed by atoms with Crippen molar-refractivity contribution < 1.29 is 4.42 Å². The number of fused-ring (bicyclic) bond motifs is 9. The summed E-state index contributed by atoms with van der Waals surface area (Å²) in [6.07, 6.45) is 0.771. The maximum atomic E-state index is 6.26. The van der Waals surface area contributed by atoms with Crippen LogP contribution in [0.15, 0.2) is 223 Å². The first-order valence-electron chi connectivity index (χ1n) is 22.5. The molecule has 0 radical (unpaired) electrons. The monoisotopic (exact) mass is 831 g/mol. The Kier molecular flexibility index (Phi) is 8.37. The van der Waals surface area contributed by atoms with Crippen LogP contribution in [0.4, 0.5) is 0 Å². The Labute approximate surface area is 376 Å². The summed E-state index contributed by atoms with van der Waals surface area (Å²) in [6.45, 7) is 2.20. The van der Waals surface area contributed by atoms with E-state index in [0.29, 0.717) is 5.82 Å².